The van der Waals surface area contributed by atoms with Crippen LogP contribution in [0.4, 0.5) is 11.4 Å². The summed E-state index contributed by atoms with van der Waals surface area (Å²) in [5.74, 6) is 0.102. The Kier molecular flexibility index (Phi) is 2.62. The summed E-state index contributed by atoms with van der Waals surface area (Å²) in [6.07, 6.45) is 0.990. The van der Waals surface area contributed by atoms with Gasteiger partial charge in [0.1, 0.15) is 0 Å². The van der Waals surface area contributed by atoms with Gasteiger partial charge in [-0.1, -0.05) is 19.9 Å². The van der Waals surface area contributed by atoms with Crippen molar-refractivity contribution in [1.82, 2.24) is 0 Å². The minimum atomic E-state index is 0.0234. The van der Waals surface area contributed by atoms with Crippen LogP contribution < -0.4 is 10.6 Å². The van der Waals surface area contributed by atoms with Crippen LogP contribution in [0.25, 0.3) is 0 Å². The van der Waals surface area contributed by atoms with Crippen molar-refractivity contribution >= 4 is 17.3 Å². The van der Waals surface area contributed by atoms with Gasteiger partial charge in [0.05, 0.1) is 0 Å². The molecule has 0 saturated heterocycles. The molecule has 3 heteroatoms. The summed E-state index contributed by atoms with van der Waals surface area (Å²) in [5.41, 5.74) is 3.33. The number of anilines is 2. The predicted molar refractivity (Wildman–Crippen MR) is 62.1 cm³/mol. The first kappa shape index (κ1) is 10.0. The average molecular weight is 204 g/mol. The van der Waals surface area contributed by atoms with E-state index < -0.39 is 0 Å². The lowest BCUT2D eigenvalue weighted by Crippen LogP contribution is -2.18. The fraction of sp³-hybridized carbons (Fsp3) is 0.417. The fourth-order valence-corrected chi connectivity index (χ4v) is 1.74. The maximum atomic E-state index is 11.6. The highest BCUT2D eigenvalue weighted by Crippen LogP contribution is 2.29. The van der Waals surface area contributed by atoms with Gasteiger partial charge in [-0.2, -0.15) is 0 Å². The Morgan fingerprint density at radius 1 is 1.47 bits per heavy atom. The smallest absolute Gasteiger partial charge is 0.226 e. The van der Waals surface area contributed by atoms with Crippen molar-refractivity contribution in [3.05, 3.63) is 23.8 Å². The maximum Gasteiger partial charge on any atom is 0.226 e. The Morgan fingerprint density at radius 3 is 3.00 bits per heavy atom. The quantitative estimate of drug-likeness (QED) is 0.775. The molecule has 3 nitrogen and oxygen atoms in total. The summed E-state index contributed by atoms with van der Waals surface area (Å²) in [6.45, 7) is 4.76. The minimum Gasteiger partial charge on any atom is -0.384 e. The molecule has 1 amide bonds. The number of carbonyl (C=O) groups excluding carboxylic acids is 1. The molecular formula is C12H16N2O. The zero-order valence-electron chi connectivity index (χ0n) is 9.13. The van der Waals surface area contributed by atoms with Crippen molar-refractivity contribution in [2.75, 3.05) is 17.2 Å². The highest BCUT2D eigenvalue weighted by atomic mass is 16.1. The van der Waals surface area contributed by atoms with E-state index in [1.54, 1.807) is 0 Å². The molecule has 2 N–H and O–H groups in total. The topological polar surface area (TPSA) is 41.1 Å². The fourth-order valence-electron chi connectivity index (χ4n) is 1.74. The van der Waals surface area contributed by atoms with Crippen LogP contribution in [-0.4, -0.2) is 12.5 Å². The van der Waals surface area contributed by atoms with E-state index in [4.69, 9.17) is 0 Å². The highest BCUT2D eigenvalue weighted by Gasteiger charge is 2.16. The first-order valence-electron chi connectivity index (χ1n) is 5.35. The number of carbonyl (C=O) groups is 1. The molecule has 1 aliphatic heterocycles. The molecule has 0 spiro atoms. The molecule has 1 aliphatic rings. The number of hydrogen-bond acceptors (Lipinski definition) is 2. The van der Waals surface area contributed by atoms with Crippen molar-refractivity contribution < 1.29 is 4.79 Å². The molecule has 0 fully saturated rings. The van der Waals surface area contributed by atoms with Gasteiger partial charge in [0.2, 0.25) is 5.91 Å². The van der Waals surface area contributed by atoms with Crippen molar-refractivity contribution in [3.63, 3.8) is 0 Å². The molecule has 0 aliphatic carbocycles. The summed E-state index contributed by atoms with van der Waals surface area (Å²) in [4.78, 5) is 11.6. The molecule has 0 atom stereocenters. The van der Waals surface area contributed by atoms with Gasteiger partial charge in [-0.25, -0.2) is 0 Å². The van der Waals surface area contributed by atoms with Crippen molar-refractivity contribution in [2.24, 2.45) is 5.92 Å². The summed E-state index contributed by atoms with van der Waals surface area (Å²) in [5, 5.41) is 6.25. The van der Waals surface area contributed by atoms with Crippen LogP contribution >= 0.6 is 0 Å². The second-order valence-corrected chi connectivity index (χ2v) is 4.15. The lowest BCUT2D eigenvalue weighted by atomic mass is 10.1. The van der Waals surface area contributed by atoms with Crippen LogP contribution in [-0.2, 0) is 11.2 Å². The molecule has 15 heavy (non-hydrogen) atoms. The van der Waals surface area contributed by atoms with Crippen molar-refractivity contribution in [2.45, 2.75) is 20.3 Å². The van der Waals surface area contributed by atoms with Gasteiger partial charge >= 0.3 is 0 Å². The first-order valence-corrected chi connectivity index (χ1v) is 5.35. The summed E-state index contributed by atoms with van der Waals surface area (Å²) in [6, 6.07) is 5.98. The van der Waals surface area contributed by atoms with Crippen LogP contribution in [0.5, 0.6) is 0 Å². The molecule has 0 radical (unpaired) electrons. The Hall–Kier alpha value is -1.51. The van der Waals surface area contributed by atoms with Crippen LogP contribution in [0.15, 0.2) is 18.2 Å². The van der Waals surface area contributed by atoms with Crippen molar-refractivity contribution in [3.8, 4) is 0 Å². The molecular weight excluding hydrogens is 188 g/mol. The van der Waals surface area contributed by atoms with E-state index in [-0.39, 0.29) is 11.8 Å². The van der Waals surface area contributed by atoms with Gasteiger partial charge in [-0.3, -0.25) is 4.79 Å². The number of amides is 1. The van der Waals surface area contributed by atoms with E-state index >= 15 is 0 Å². The van der Waals surface area contributed by atoms with E-state index in [1.807, 2.05) is 32.0 Å². The molecule has 0 unspecified atom stereocenters. The Morgan fingerprint density at radius 2 is 2.27 bits per heavy atom. The summed E-state index contributed by atoms with van der Waals surface area (Å²) >= 11 is 0. The monoisotopic (exact) mass is 204 g/mol. The lowest BCUT2D eigenvalue weighted by molar-refractivity contribution is -0.118. The molecule has 1 aromatic rings. The Labute approximate surface area is 89.9 Å². The molecule has 0 aromatic heterocycles. The predicted octanol–water partition coefficient (Wildman–Crippen LogP) is 2.25. The van der Waals surface area contributed by atoms with Crippen molar-refractivity contribution in [1.29, 1.82) is 0 Å². The van der Waals surface area contributed by atoms with Crippen LogP contribution in [0.3, 0.4) is 0 Å². The minimum absolute atomic E-state index is 0.0234. The Balaban J connectivity index is 2.22. The third-order valence-corrected chi connectivity index (χ3v) is 2.65. The lowest BCUT2D eigenvalue weighted by Gasteiger charge is -2.11. The molecule has 0 saturated carbocycles. The zero-order chi connectivity index (χ0) is 10.8. The van der Waals surface area contributed by atoms with Gasteiger partial charge in [-0.05, 0) is 18.6 Å². The third kappa shape index (κ3) is 1.96. The van der Waals surface area contributed by atoms with Gasteiger partial charge in [0.15, 0.2) is 0 Å². The first-order chi connectivity index (χ1) is 7.18. The number of benzene rings is 1. The zero-order valence-corrected chi connectivity index (χ0v) is 9.13. The molecule has 80 valence electrons. The van der Waals surface area contributed by atoms with Crippen LogP contribution in [0.1, 0.15) is 19.4 Å². The molecule has 1 aromatic carbocycles. The van der Waals surface area contributed by atoms with Crippen LogP contribution in [0.2, 0.25) is 0 Å². The van der Waals surface area contributed by atoms with Gasteiger partial charge in [-0.15, -0.1) is 0 Å². The van der Waals surface area contributed by atoms with E-state index in [0.29, 0.717) is 0 Å². The van der Waals surface area contributed by atoms with Gasteiger partial charge < -0.3 is 10.6 Å². The van der Waals surface area contributed by atoms with E-state index in [2.05, 4.69) is 10.6 Å². The van der Waals surface area contributed by atoms with E-state index in [1.165, 1.54) is 5.56 Å². The highest BCUT2D eigenvalue weighted by molar-refractivity contribution is 5.94. The number of nitrogens with one attached hydrogen (secondary N) is 2. The molecule has 0 bridgehead atoms. The Bertz CT molecular complexity index is 385. The number of hydrogen-bond donors (Lipinski definition) is 2. The summed E-state index contributed by atoms with van der Waals surface area (Å²) in [7, 11) is 0. The average Bonchev–Trinajstić information content (AvgIpc) is 2.66. The summed E-state index contributed by atoms with van der Waals surface area (Å²) < 4.78 is 0. The maximum absolute atomic E-state index is 11.6. The largest absolute Gasteiger partial charge is 0.384 e. The second-order valence-electron chi connectivity index (χ2n) is 4.15. The third-order valence-electron chi connectivity index (χ3n) is 2.65. The van der Waals surface area contributed by atoms with E-state index in [9.17, 15) is 4.79 Å². The molecule has 2 rings (SSSR count). The normalized spacial score (nSPS) is 13.5. The second kappa shape index (κ2) is 3.93. The van der Waals surface area contributed by atoms with Gasteiger partial charge in [0, 0.05) is 29.4 Å². The molecule has 1 heterocycles. The standard InChI is InChI=1S/C12H16N2O/c1-8(2)12(15)14-11-5-3-4-10-9(11)6-7-13-10/h3-5,8,13H,6-7H2,1-2H3,(H,14,15). The number of rotatable bonds is 2. The number of fused-ring (bicyclic) bond motifs is 1. The SMILES string of the molecule is CC(C)C(=O)Nc1cccc2c1CCN2. The van der Waals surface area contributed by atoms with Crippen LogP contribution in [0, 0.1) is 5.92 Å². The van der Waals surface area contributed by atoms with Gasteiger partial charge in [0.25, 0.3) is 0 Å². The van der Waals surface area contributed by atoms with E-state index in [0.717, 1.165) is 24.3 Å².